The van der Waals surface area contributed by atoms with Crippen LogP contribution in [-0.2, 0) is 4.79 Å². The molecule has 0 aliphatic carbocycles. The van der Waals surface area contributed by atoms with Gasteiger partial charge in [0.25, 0.3) is 0 Å². The molecular formula is C10H10N2O2. The molecule has 1 aromatic rings. The predicted octanol–water partition coefficient (Wildman–Crippen LogP) is 0.951. The Labute approximate surface area is 81.6 Å². The molecule has 0 amide bonds. The molecule has 14 heavy (non-hydrogen) atoms. The van der Waals surface area contributed by atoms with Crippen molar-refractivity contribution in [3.63, 3.8) is 0 Å². The molecule has 0 aliphatic heterocycles. The standard InChI is InChI=1S/C10H10N2O2/c1-6-2-3-7(5-11)4-8(6)9(12)10(13)14/h2-4,9H,12H2,1H3,(H,13,14)/t9-/m0/s1. The third kappa shape index (κ3) is 1.90. The van der Waals surface area contributed by atoms with Gasteiger partial charge in [0.1, 0.15) is 6.04 Å². The fourth-order valence-corrected chi connectivity index (χ4v) is 1.18. The summed E-state index contributed by atoms with van der Waals surface area (Å²) in [5.74, 6) is -1.09. The van der Waals surface area contributed by atoms with E-state index in [-0.39, 0.29) is 0 Å². The van der Waals surface area contributed by atoms with Crippen LogP contribution >= 0.6 is 0 Å². The van der Waals surface area contributed by atoms with E-state index >= 15 is 0 Å². The van der Waals surface area contributed by atoms with Gasteiger partial charge in [-0.05, 0) is 30.2 Å². The molecule has 1 atom stereocenters. The second-order valence-electron chi connectivity index (χ2n) is 3.00. The Hall–Kier alpha value is -1.86. The van der Waals surface area contributed by atoms with Crippen molar-refractivity contribution in [2.75, 3.05) is 0 Å². The molecule has 1 aromatic carbocycles. The first-order chi connectivity index (χ1) is 6.56. The number of nitrogens with two attached hydrogens (primary N) is 1. The SMILES string of the molecule is Cc1ccc(C#N)cc1[C@H](N)C(=O)O. The highest BCUT2D eigenvalue weighted by atomic mass is 16.4. The Kier molecular flexibility index (Phi) is 2.85. The van der Waals surface area contributed by atoms with Gasteiger partial charge in [-0.1, -0.05) is 6.07 Å². The second kappa shape index (κ2) is 3.90. The highest BCUT2D eigenvalue weighted by molar-refractivity contribution is 5.76. The first-order valence-electron chi connectivity index (χ1n) is 4.05. The molecule has 0 aromatic heterocycles. The lowest BCUT2D eigenvalue weighted by Crippen LogP contribution is -2.21. The number of nitriles is 1. The van der Waals surface area contributed by atoms with Gasteiger partial charge < -0.3 is 10.8 Å². The van der Waals surface area contributed by atoms with Crippen LogP contribution in [0, 0.1) is 18.3 Å². The highest BCUT2D eigenvalue weighted by Gasteiger charge is 2.16. The zero-order valence-electron chi connectivity index (χ0n) is 7.69. The molecule has 72 valence electrons. The van der Waals surface area contributed by atoms with Crippen molar-refractivity contribution in [2.24, 2.45) is 5.73 Å². The number of aryl methyl sites for hydroxylation is 1. The molecule has 1 rings (SSSR count). The van der Waals surface area contributed by atoms with E-state index in [1.165, 1.54) is 6.07 Å². The number of hydrogen-bond donors (Lipinski definition) is 2. The number of nitrogens with zero attached hydrogens (tertiary/aromatic N) is 1. The third-order valence-electron chi connectivity index (χ3n) is 2.01. The molecule has 0 radical (unpaired) electrons. The van der Waals surface area contributed by atoms with E-state index in [1.54, 1.807) is 19.1 Å². The molecule has 3 N–H and O–H groups in total. The van der Waals surface area contributed by atoms with Crippen molar-refractivity contribution in [3.05, 3.63) is 34.9 Å². The Morgan fingerprint density at radius 3 is 2.79 bits per heavy atom. The van der Waals surface area contributed by atoms with Crippen LogP contribution in [0.3, 0.4) is 0 Å². The number of rotatable bonds is 2. The van der Waals surface area contributed by atoms with Gasteiger partial charge in [-0.25, -0.2) is 0 Å². The van der Waals surface area contributed by atoms with Gasteiger partial charge in [0.15, 0.2) is 0 Å². The maximum Gasteiger partial charge on any atom is 0.325 e. The van der Waals surface area contributed by atoms with E-state index in [4.69, 9.17) is 16.1 Å². The van der Waals surface area contributed by atoms with E-state index in [9.17, 15) is 4.79 Å². The van der Waals surface area contributed by atoms with E-state index in [0.29, 0.717) is 11.1 Å². The van der Waals surface area contributed by atoms with Crippen LogP contribution < -0.4 is 5.73 Å². The first kappa shape index (κ1) is 10.2. The summed E-state index contributed by atoms with van der Waals surface area (Å²) in [6.45, 7) is 1.76. The minimum atomic E-state index is -1.09. The zero-order chi connectivity index (χ0) is 10.7. The lowest BCUT2D eigenvalue weighted by molar-refractivity contribution is -0.138. The number of carboxylic acids is 1. The number of hydrogen-bond acceptors (Lipinski definition) is 3. The normalized spacial score (nSPS) is 11.8. The van der Waals surface area contributed by atoms with Crippen molar-refractivity contribution in [1.82, 2.24) is 0 Å². The van der Waals surface area contributed by atoms with Crippen LogP contribution in [0.1, 0.15) is 22.7 Å². The topological polar surface area (TPSA) is 87.1 Å². The summed E-state index contributed by atoms with van der Waals surface area (Å²) in [5, 5.41) is 17.4. The van der Waals surface area contributed by atoms with Gasteiger partial charge in [0.2, 0.25) is 0 Å². The van der Waals surface area contributed by atoms with E-state index in [2.05, 4.69) is 0 Å². The Morgan fingerprint density at radius 2 is 2.29 bits per heavy atom. The number of aliphatic carboxylic acids is 1. The van der Waals surface area contributed by atoms with Crippen molar-refractivity contribution >= 4 is 5.97 Å². The molecule has 0 bridgehead atoms. The molecule has 0 spiro atoms. The number of carbonyl (C=O) groups is 1. The predicted molar refractivity (Wildman–Crippen MR) is 50.5 cm³/mol. The van der Waals surface area contributed by atoms with Gasteiger partial charge in [-0.15, -0.1) is 0 Å². The van der Waals surface area contributed by atoms with E-state index < -0.39 is 12.0 Å². The van der Waals surface area contributed by atoms with Crippen molar-refractivity contribution in [3.8, 4) is 6.07 Å². The summed E-state index contributed by atoms with van der Waals surface area (Å²) >= 11 is 0. The Bertz CT molecular complexity index is 407. The fraction of sp³-hybridized carbons (Fsp3) is 0.200. The molecule has 0 heterocycles. The van der Waals surface area contributed by atoms with Crippen LogP contribution in [-0.4, -0.2) is 11.1 Å². The van der Waals surface area contributed by atoms with Crippen LogP contribution in [0.2, 0.25) is 0 Å². The first-order valence-corrected chi connectivity index (χ1v) is 4.05. The smallest absolute Gasteiger partial charge is 0.325 e. The fourth-order valence-electron chi connectivity index (χ4n) is 1.18. The van der Waals surface area contributed by atoms with Crippen LogP contribution in [0.15, 0.2) is 18.2 Å². The molecule has 4 heteroatoms. The number of benzene rings is 1. The summed E-state index contributed by atoms with van der Waals surface area (Å²) in [4.78, 5) is 10.6. The average Bonchev–Trinajstić information content (AvgIpc) is 2.17. The van der Waals surface area contributed by atoms with Crippen molar-refractivity contribution in [1.29, 1.82) is 5.26 Å². The van der Waals surface area contributed by atoms with Crippen molar-refractivity contribution < 1.29 is 9.90 Å². The van der Waals surface area contributed by atoms with Gasteiger partial charge in [0, 0.05) is 0 Å². The maximum atomic E-state index is 10.6. The molecular weight excluding hydrogens is 180 g/mol. The Balaban J connectivity index is 3.20. The zero-order valence-corrected chi connectivity index (χ0v) is 7.69. The molecule has 4 nitrogen and oxygen atoms in total. The minimum absolute atomic E-state index is 0.419. The molecule has 0 unspecified atom stereocenters. The monoisotopic (exact) mass is 190 g/mol. The van der Waals surface area contributed by atoms with Crippen molar-refractivity contribution in [2.45, 2.75) is 13.0 Å². The molecule has 0 aliphatic rings. The molecule has 0 fully saturated rings. The van der Waals surface area contributed by atoms with Gasteiger partial charge >= 0.3 is 5.97 Å². The lowest BCUT2D eigenvalue weighted by Gasteiger charge is -2.10. The average molecular weight is 190 g/mol. The number of carboxylic acid groups (broad SMARTS) is 1. The van der Waals surface area contributed by atoms with Gasteiger partial charge in [-0.2, -0.15) is 5.26 Å². The largest absolute Gasteiger partial charge is 0.480 e. The maximum absolute atomic E-state index is 10.6. The summed E-state index contributed by atoms with van der Waals surface area (Å²) in [7, 11) is 0. The van der Waals surface area contributed by atoms with Crippen LogP contribution in [0.5, 0.6) is 0 Å². The van der Waals surface area contributed by atoms with Gasteiger partial charge in [-0.3, -0.25) is 4.79 Å². The summed E-state index contributed by atoms with van der Waals surface area (Å²) in [6.07, 6.45) is 0. The minimum Gasteiger partial charge on any atom is -0.480 e. The van der Waals surface area contributed by atoms with E-state index in [1.807, 2.05) is 6.07 Å². The summed E-state index contributed by atoms with van der Waals surface area (Å²) < 4.78 is 0. The summed E-state index contributed by atoms with van der Waals surface area (Å²) in [5.41, 5.74) is 7.13. The Morgan fingerprint density at radius 1 is 1.64 bits per heavy atom. The lowest BCUT2D eigenvalue weighted by atomic mass is 9.99. The molecule has 0 saturated heterocycles. The van der Waals surface area contributed by atoms with Crippen LogP contribution in [0.25, 0.3) is 0 Å². The van der Waals surface area contributed by atoms with Crippen LogP contribution in [0.4, 0.5) is 0 Å². The summed E-state index contributed by atoms with van der Waals surface area (Å²) in [6, 6.07) is 5.71. The quantitative estimate of drug-likeness (QED) is 0.726. The third-order valence-corrected chi connectivity index (χ3v) is 2.01. The van der Waals surface area contributed by atoms with E-state index in [0.717, 1.165) is 5.56 Å². The molecule has 0 saturated carbocycles. The highest BCUT2D eigenvalue weighted by Crippen LogP contribution is 2.17. The van der Waals surface area contributed by atoms with Gasteiger partial charge in [0.05, 0.1) is 11.6 Å². The second-order valence-corrected chi connectivity index (χ2v) is 3.00.